The smallest absolute Gasteiger partial charge is 0.251 e. The summed E-state index contributed by atoms with van der Waals surface area (Å²) in [5.74, 6) is -0.242. The third kappa shape index (κ3) is 5.38. The minimum Gasteiger partial charge on any atom is -0.348 e. The molecule has 0 radical (unpaired) electrons. The molecule has 0 aliphatic rings. The number of nitrogens with zero attached hydrogens (tertiary/aromatic N) is 2. The van der Waals surface area contributed by atoms with Crippen molar-refractivity contribution < 1.29 is 17.6 Å². The largest absolute Gasteiger partial charge is 0.348 e. The van der Waals surface area contributed by atoms with Gasteiger partial charge in [0.15, 0.2) is 0 Å². The Bertz CT molecular complexity index is 1420. The van der Waals surface area contributed by atoms with E-state index < -0.39 is 21.7 Å². The van der Waals surface area contributed by atoms with Crippen LogP contribution in [0.1, 0.15) is 27.3 Å². The molecule has 174 valence electrons. The van der Waals surface area contributed by atoms with Crippen molar-refractivity contribution in [2.24, 2.45) is 0 Å². The second-order valence-electron chi connectivity index (χ2n) is 7.65. The van der Waals surface area contributed by atoms with Crippen LogP contribution in [0.15, 0.2) is 90.1 Å². The Morgan fingerprint density at radius 2 is 1.76 bits per heavy atom. The molecule has 1 heterocycles. The molecule has 0 atom stereocenters. The normalized spacial score (nSPS) is 11.4. The van der Waals surface area contributed by atoms with E-state index in [9.17, 15) is 17.6 Å². The zero-order valence-electron chi connectivity index (χ0n) is 18.4. The van der Waals surface area contributed by atoms with Crippen LogP contribution in [-0.2, 0) is 23.1 Å². The van der Waals surface area contributed by atoms with E-state index in [0.717, 1.165) is 5.56 Å². The Morgan fingerprint density at radius 1 is 0.971 bits per heavy atom. The average molecular weight is 479 g/mol. The third-order valence-corrected chi connectivity index (χ3v) is 6.67. The number of carbonyl (C=O) groups is 1. The van der Waals surface area contributed by atoms with Gasteiger partial charge in [-0.25, -0.2) is 22.5 Å². The first-order valence-electron chi connectivity index (χ1n) is 10.5. The molecule has 0 spiro atoms. The second kappa shape index (κ2) is 9.98. The minimum atomic E-state index is -3.80. The maximum Gasteiger partial charge on any atom is 0.251 e. The Labute approximate surface area is 197 Å². The summed E-state index contributed by atoms with van der Waals surface area (Å²) in [6.45, 7) is 2.00. The minimum absolute atomic E-state index is 0.0119. The maximum absolute atomic E-state index is 14.6. The summed E-state index contributed by atoms with van der Waals surface area (Å²) in [4.78, 5) is 16.7. The van der Waals surface area contributed by atoms with E-state index in [-0.39, 0.29) is 23.5 Å². The first-order valence-corrected chi connectivity index (χ1v) is 12.0. The molecule has 0 fully saturated rings. The van der Waals surface area contributed by atoms with E-state index in [1.807, 2.05) is 30.3 Å². The van der Waals surface area contributed by atoms with Gasteiger partial charge in [-0.2, -0.15) is 0 Å². The highest BCUT2D eigenvalue weighted by atomic mass is 32.2. The van der Waals surface area contributed by atoms with Crippen LogP contribution >= 0.6 is 0 Å². The van der Waals surface area contributed by atoms with Crippen LogP contribution in [0, 0.1) is 12.7 Å². The number of hydrogen-bond acceptors (Lipinski definition) is 4. The number of rotatable bonds is 8. The molecule has 0 bridgehead atoms. The van der Waals surface area contributed by atoms with Crippen LogP contribution in [0.25, 0.3) is 5.69 Å². The molecule has 0 unspecified atom stereocenters. The van der Waals surface area contributed by atoms with Crippen molar-refractivity contribution >= 4 is 15.9 Å². The lowest BCUT2D eigenvalue weighted by molar-refractivity contribution is 0.0950. The fourth-order valence-electron chi connectivity index (χ4n) is 3.43. The molecule has 0 saturated carbocycles. The molecule has 4 aromatic rings. The van der Waals surface area contributed by atoms with Crippen LogP contribution in [0.4, 0.5) is 4.39 Å². The molecule has 3 aromatic carbocycles. The summed E-state index contributed by atoms with van der Waals surface area (Å²) in [5.41, 5.74) is 1.95. The van der Waals surface area contributed by atoms with Crippen LogP contribution in [0.2, 0.25) is 0 Å². The van der Waals surface area contributed by atoms with Crippen molar-refractivity contribution in [3.8, 4) is 5.69 Å². The quantitative estimate of drug-likeness (QED) is 0.404. The number of carbonyl (C=O) groups excluding carboxylic acids is 1. The molecule has 2 N–H and O–H groups in total. The maximum atomic E-state index is 14.6. The molecule has 7 nitrogen and oxygen atoms in total. The van der Waals surface area contributed by atoms with Gasteiger partial charge in [-0.15, -0.1) is 0 Å². The fourth-order valence-corrected chi connectivity index (χ4v) is 4.50. The van der Waals surface area contributed by atoms with E-state index in [2.05, 4.69) is 15.0 Å². The summed E-state index contributed by atoms with van der Waals surface area (Å²) in [5, 5.41) is 2.70. The third-order valence-electron chi connectivity index (χ3n) is 5.27. The van der Waals surface area contributed by atoms with Gasteiger partial charge in [-0.3, -0.25) is 4.79 Å². The number of hydrogen-bond donors (Lipinski definition) is 2. The number of benzene rings is 3. The monoisotopic (exact) mass is 478 g/mol. The highest BCUT2D eigenvalue weighted by Gasteiger charge is 2.16. The zero-order chi connectivity index (χ0) is 24.1. The number of sulfonamides is 1. The molecular weight excluding hydrogens is 455 g/mol. The van der Waals surface area contributed by atoms with Gasteiger partial charge in [0.1, 0.15) is 11.6 Å². The average Bonchev–Trinajstić information content (AvgIpc) is 3.27. The number of nitrogens with one attached hydrogen (secondary N) is 2. The van der Waals surface area contributed by atoms with E-state index in [4.69, 9.17) is 0 Å². The topological polar surface area (TPSA) is 93.1 Å². The van der Waals surface area contributed by atoms with Crippen molar-refractivity contribution in [3.05, 3.63) is 114 Å². The molecule has 0 saturated heterocycles. The molecule has 0 aliphatic carbocycles. The lowest BCUT2D eigenvalue weighted by atomic mass is 10.1. The van der Waals surface area contributed by atoms with E-state index >= 15 is 0 Å². The lowest BCUT2D eigenvalue weighted by Gasteiger charge is -2.11. The molecule has 4 rings (SSSR count). The summed E-state index contributed by atoms with van der Waals surface area (Å²) < 4.78 is 44.1. The Hall–Kier alpha value is -3.82. The Kier molecular flexibility index (Phi) is 6.85. The van der Waals surface area contributed by atoms with E-state index in [1.165, 1.54) is 30.3 Å². The molecule has 1 aromatic heterocycles. The number of imidazole rings is 1. The van der Waals surface area contributed by atoms with Gasteiger partial charge >= 0.3 is 0 Å². The molecule has 0 aliphatic heterocycles. The fraction of sp³-hybridized carbons (Fsp3) is 0.120. The van der Waals surface area contributed by atoms with E-state index in [0.29, 0.717) is 17.1 Å². The molecule has 1 amide bonds. The van der Waals surface area contributed by atoms with Crippen molar-refractivity contribution in [2.75, 3.05) is 0 Å². The summed E-state index contributed by atoms with van der Waals surface area (Å²) in [6.07, 6.45) is 3.26. The lowest BCUT2D eigenvalue weighted by Crippen LogP contribution is -2.25. The highest BCUT2D eigenvalue weighted by Crippen LogP contribution is 2.17. The van der Waals surface area contributed by atoms with Crippen molar-refractivity contribution in [1.82, 2.24) is 19.6 Å². The Morgan fingerprint density at radius 3 is 2.47 bits per heavy atom. The van der Waals surface area contributed by atoms with Crippen LogP contribution in [0.5, 0.6) is 0 Å². The van der Waals surface area contributed by atoms with Gasteiger partial charge in [-0.05, 0) is 48.4 Å². The van der Waals surface area contributed by atoms with Gasteiger partial charge in [-0.1, -0.05) is 42.5 Å². The van der Waals surface area contributed by atoms with Gasteiger partial charge in [0.05, 0.1) is 10.6 Å². The number of halogens is 1. The highest BCUT2D eigenvalue weighted by molar-refractivity contribution is 7.89. The zero-order valence-corrected chi connectivity index (χ0v) is 19.2. The van der Waals surface area contributed by atoms with Gasteiger partial charge in [0, 0.05) is 31.0 Å². The first-order chi connectivity index (χ1) is 16.3. The number of aromatic nitrogens is 2. The number of amides is 1. The summed E-state index contributed by atoms with van der Waals surface area (Å²) in [6, 6.07) is 19.6. The number of aryl methyl sites for hydroxylation is 1. The summed E-state index contributed by atoms with van der Waals surface area (Å²) in [7, 11) is -3.80. The molecular formula is C25H23FN4O3S. The van der Waals surface area contributed by atoms with Crippen LogP contribution < -0.4 is 10.0 Å². The standard InChI is InChI=1S/C25H23FN4O3S/c1-18-27-12-13-30(18)24-11-10-20(14-23(24)26)16-28-25(31)21-8-5-9-22(15-21)34(32,33)29-17-19-6-3-2-4-7-19/h2-15,29H,16-17H2,1H3,(H,28,31). The van der Waals surface area contributed by atoms with Gasteiger partial charge < -0.3 is 9.88 Å². The predicted octanol–water partition coefficient (Wildman–Crippen LogP) is 3.73. The summed E-state index contributed by atoms with van der Waals surface area (Å²) >= 11 is 0. The van der Waals surface area contributed by atoms with Crippen molar-refractivity contribution in [1.29, 1.82) is 0 Å². The van der Waals surface area contributed by atoms with Crippen molar-refractivity contribution in [2.45, 2.75) is 24.9 Å². The predicted molar refractivity (Wildman–Crippen MR) is 126 cm³/mol. The Balaban J connectivity index is 1.41. The van der Waals surface area contributed by atoms with Gasteiger partial charge in [0.25, 0.3) is 5.91 Å². The molecule has 34 heavy (non-hydrogen) atoms. The second-order valence-corrected chi connectivity index (χ2v) is 9.42. The van der Waals surface area contributed by atoms with Gasteiger partial charge in [0.2, 0.25) is 10.0 Å². The van der Waals surface area contributed by atoms with Crippen molar-refractivity contribution in [3.63, 3.8) is 0 Å². The molecule has 9 heteroatoms. The van der Waals surface area contributed by atoms with Crippen LogP contribution in [-0.4, -0.2) is 23.9 Å². The first kappa shape index (κ1) is 23.3. The van der Waals surface area contributed by atoms with E-state index in [1.54, 1.807) is 36.0 Å². The van der Waals surface area contributed by atoms with Crippen LogP contribution in [0.3, 0.4) is 0 Å². The SMILES string of the molecule is Cc1nccn1-c1ccc(CNC(=O)c2cccc(S(=O)(=O)NCc3ccccc3)c2)cc1F.